The molecule has 0 unspecified atom stereocenters. The number of nitrogens with one attached hydrogen (secondary N) is 2. The number of aromatic nitrogens is 1. The smallest absolute Gasteiger partial charge is 0.255 e. The highest BCUT2D eigenvalue weighted by Crippen LogP contribution is 2.13. The van der Waals surface area contributed by atoms with E-state index >= 15 is 0 Å². The van der Waals surface area contributed by atoms with Gasteiger partial charge in [0.25, 0.3) is 5.91 Å². The molecule has 0 atom stereocenters. The van der Waals surface area contributed by atoms with Crippen LogP contribution in [0.1, 0.15) is 10.4 Å². The minimum Gasteiger partial charge on any atom is -0.373 e. The van der Waals surface area contributed by atoms with Crippen LogP contribution in [0.25, 0.3) is 0 Å². The van der Waals surface area contributed by atoms with Gasteiger partial charge in [0.05, 0.1) is 11.9 Å². The minimum atomic E-state index is -0.189. The quantitative estimate of drug-likeness (QED) is 0.893. The van der Waals surface area contributed by atoms with Crippen molar-refractivity contribution < 1.29 is 4.79 Å². The zero-order chi connectivity index (χ0) is 13.0. The third-order valence-electron chi connectivity index (χ3n) is 2.38. The third kappa shape index (κ3) is 2.99. The predicted octanol–water partition coefficient (Wildman–Crippen LogP) is 3.03. The van der Waals surface area contributed by atoms with Crippen molar-refractivity contribution in [1.82, 2.24) is 4.98 Å². The first kappa shape index (κ1) is 12.4. The topological polar surface area (TPSA) is 54.0 Å². The van der Waals surface area contributed by atoms with Gasteiger partial charge in [-0.2, -0.15) is 0 Å². The summed E-state index contributed by atoms with van der Waals surface area (Å²) in [5, 5.41) is 6.27. The predicted molar refractivity (Wildman–Crippen MR) is 73.2 cm³/mol. The Balaban J connectivity index is 2.08. The van der Waals surface area contributed by atoms with E-state index in [-0.39, 0.29) is 5.91 Å². The molecule has 1 amide bonds. The molecule has 1 aromatic heterocycles. The van der Waals surface area contributed by atoms with Crippen molar-refractivity contribution in [2.45, 2.75) is 0 Å². The van der Waals surface area contributed by atoms with Crippen LogP contribution in [0.3, 0.4) is 0 Å². The van der Waals surface area contributed by atoms with Crippen molar-refractivity contribution in [2.75, 3.05) is 17.7 Å². The standard InChI is InChI=1S/C13H12ClN3O/c1-15-12-7-6-11(8-16-12)17-13(18)9-2-4-10(14)5-3-9/h2-8H,1H3,(H,15,16)(H,17,18). The average Bonchev–Trinajstić information content (AvgIpc) is 2.40. The molecule has 92 valence electrons. The lowest BCUT2D eigenvalue weighted by molar-refractivity contribution is 0.102. The van der Waals surface area contributed by atoms with E-state index in [0.717, 1.165) is 5.82 Å². The number of anilines is 2. The van der Waals surface area contributed by atoms with Gasteiger partial charge in [0.2, 0.25) is 0 Å². The molecule has 0 saturated carbocycles. The first-order valence-electron chi connectivity index (χ1n) is 5.40. The number of nitrogens with zero attached hydrogens (tertiary/aromatic N) is 1. The molecule has 1 aromatic carbocycles. The number of pyridine rings is 1. The summed E-state index contributed by atoms with van der Waals surface area (Å²) in [6, 6.07) is 10.3. The second-order valence-electron chi connectivity index (χ2n) is 3.64. The van der Waals surface area contributed by atoms with Gasteiger partial charge in [-0.1, -0.05) is 11.6 Å². The van der Waals surface area contributed by atoms with Gasteiger partial charge in [-0.05, 0) is 36.4 Å². The summed E-state index contributed by atoms with van der Waals surface area (Å²) in [5.74, 6) is 0.560. The Hall–Kier alpha value is -2.07. The number of hydrogen-bond acceptors (Lipinski definition) is 3. The van der Waals surface area contributed by atoms with Crippen molar-refractivity contribution >= 4 is 29.0 Å². The van der Waals surface area contributed by atoms with E-state index in [1.807, 2.05) is 0 Å². The molecule has 0 radical (unpaired) electrons. The van der Waals surface area contributed by atoms with Gasteiger partial charge in [0.1, 0.15) is 5.82 Å². The first-order valence-corrected chi connectivity index (χ1v) is 5.77. The van der Waals surface area contributed by atoms with Crippen LogP contribution < -0.4 is 10.6 Å². The van der Waals surface area contributed by atoms with Gasteiger partial charge in [0, 0.05) is 17.6 Å². The van der Waals surface area contributed by atoms with Crippen molar-refractivity contribution in [3.8, 4) is 0 Å². The highest BCUT2D eigenvalue weighted by molar-refractivity contribution is 6.30. The summed E-state index contributed by atoms with van der Waals surface area (Å²) >= 11 is 5.76. The van der Waals surface area contributed by atoms with Crippen LogP contribution in [0, 0.1) is 0 Å². The molecular weight excluding hydrogens is 250 g/mol. The van der Waals surface area contributed by atoms with Gasteiger partial charge in [-0.15, -0.1) is 0 Å². The molecule has 0 saturated heterocycles. The Morgan fingerprint density at radius 2 is 1.89 bits per heavy atom. The number of hydrogen-bond donors (Lipinski definition) is 2. The largest absolute Gasteiger partial charge is 0.373 e. The maximum Gasteiger partial charge on any atom is 0.255 e. The average molecular weight is 262 g/mol. The van der Waals surface area contributed by atoms with E-state index in [1.54, 1.807) is 49.6 Å². The first-order chi connectivity index (χ1) is 8.69. The monoisotopic (exact) mass is 261 g/mol. The second kappa shape index (κ2) is 5.51. The van der Waals surface area contributed by atoms with Crippen LogP contribution in [-0.4, -0.2) is 17.9 Å². The Kier molecular flexibility index (Phi) is 3.79. The fraction of sp³-hybridized carbons (Fsp3) is 0.0769. The maximum atomic E-state index is 11.9. The summed E-state index contributed by atoms with van der Waals surface area (Å²) in [6.07, 6.45) is 1.60. The lowest BCUT2D eigenvalue weighted by Crippen LogP contribution is -2.11. The SMILES string of the molecule is CNc1ccc(NC(=O)c2ccc(Cl)cc2)cn1. The number of carbonyl (C=O) groups is 1. The summed E-state index contributed by atoms with van der Waals surface area (Å²) in [4.78, 5) is 16.0. The molecule has 18 heavy (non-hydrogen) atoms. The van der Waals surface area contributed by atoms with Gasteiger partial charge >= 0.3 is 0 Å². The van der Waals surface area contributed by atoms with Gasteiger partial charge in [-0.3, -0.25) is 4.79 Å². The van der Waals surface area contributed by atoms with E-state index in [2.05, 4.69) is 15.6 Å². The van der Waals surface area contributed by atoms with Crippen molar-refractivity contribution in [3.05, 3.63) is 53.2 Å². The molecule has 0 spiro atoms. The summed E-state index contributed by atoms with van der Waals surface area (Å²) in [7, 11) is 1.79. The fourth-order valence-corrected chi connectivity index (χ4v) is 1.55. The van der Waals surface area contributed by atoms with Crippen molar-refractivity contribution in [1.29, 1.82) is 0 Å². The van der Waals surface area contributed by atoms with E-state index in [4.69, 9.17) is 11.6 Å². The van der Waals surface area contributed by atoms with Crippen LogP contribution >= 0.6 is 11.6 Å². The zero-order valence-corrected chi connectivity index (χ0v) is 10.5. The highest BCUT2D eigenvalue weighted by atomic mass is 35.5. The second-order valence-corrected chi connectivity index (χ2v) is 4.08. The fourth-order valence-electron chi connectivity index (χ4n) is 1.42. The number of carbonyl (C=O) groups excluding carboxylic acids is 1. The molecule has 5 heteroatoms. The van der Waals surface area contributed by atoms with E-state index in [9.17, 15) is 4.79 Å². The Labute approximate surface area is 110 Å². The Morgan fingerprint density at radius 1 is 1.17 bits per heavy atom. The summed E-state index contributed by atoms with van der Waals surface area (Å²) < 4.78 is 0. The number of benzene rings is 1. The Morgan fingerprint density at radius 3 is 2.44 bits per heavy atom. The lowest BCUT2D eigenvalue weighted by atomic mass is 10.2. The molecule has 0 aliphatic carbocycles. The third-order valence-corrected chi connectivity index (χ3v) is 2.64. The van der Waals surface area contributed by atoms with Gasteiger partial charge in [0.15, 0.2) is 0 Å². The Bertz CT molecular complexity index is 537. The normalized spacial score (nSPS) is 9.89. The number of rotatable bonds is 3. The maximum absolute atomic E-state index is 11.9. The number of amides is 1. The molecule has 0 bridgehead atoms. The van der Waals surface area contributed by atoms with Crippen molar-refractivity contribution in [3.63, 3.8) is 0 Å². The van der Waals surface area contributed by atoms with Crippen LogP contribution in [0.15, 0.2) is 42.6 Å². The van der Waals surface area contributed by atoms with Crippen molar-refractivity contribution in [2.24, 2.45) is 0 Å². The van der Waals surface area contributed by atoms with Crippen LogP contribution in [0.5, 0.6) is 0 Å². The molecule has 2 rings (SSSR count). The van der Waals surface area contributed by atoms with Gasteiger partial charge < -0.3 is 10.6 Å². The molecule has 0 aliphatic rings. The zero-order valence-electron chi connectivity index (χ0n) is 9.77. The molecule has 0 aliphatic heterocycles. The summed E-state index contributed by atoms with van der Waals surface area (Å²) in [6.45, 7) is 0. The number of halogens is 1. The minimum absolute atomic E-state index is 0.189. The van der Waals surface area contributed by atoms with Crippen LogP contribution in [-0.2, 0) is 0 Å². The lowest BCUT2D eigenvalue weighted by Gasteiger charge is -2.05. The molecular formula is C13H12ClN3O. The van der Waals surface area contributed by atoms with E-state index in [0.29, 0.717) is 16.3 Å². The molecule has 2 aromatic rings. The van der Waals surface area contributed by atoms with Crippen LogP contribution in [0.2, 0.25) is 5.02 Å². The molecule has 2 N–H and O–H groups in total. The van der Waals surface area contributed by atoms with E-state index in [1.165, 1.54) is 0 Å². The highest BCUT2D eigenvalue weighted by Gasteiger charge is 2.05. The molecule has 1 heterocycles. The van der Waals surface area contributed by atoms with E-state index < -0.39 is 0 Å². The van der Waals surface area contributed by atoms with Gasteiger partial charge in [-0.25, -0.2) is 4.98 Å². The molecule has 0 fully saturated rings. The molecule has 4 nitrogen and oxygen atoms in total. The van der Waals surface area contributed by atoms with Crippen LogP contribution in [0.4, 0.5) is 11.5 Å². The summed E-state index contributed by atoms with van der Waals surface area (Å²) in [5.41, 5.74) is 1.20.